The lowest BCUT2D eigenvalue weighted by Crippen LogP contribution is -2.61. The average Bonchev–Trinajstić information content (AvgIpc) is 2.52. The van der Waals surface area contributed by atoms with Gasteiger partial charge in [0.1, 0.15) is 35.4 Å². The molecule has 0 aromatic heterocycles. The summed E-state index contributed by atoms with van der Waals surface area (Å²) in [4.78, 5) is 0. The summed E-state index contributed by atoms with van der Waals surface area (Å²) in [5.41, 5.74) is -1.85. The standard InChI is InChI=1S/C14H20O7/c1-19-8-3-4-11(20-2)9(5-8)14(18)12(6-15)21-7-10(16)13(14)17/h3-5,10,12-13,15-18H,6-7H2,1-2H3/t10-,12+,13+,14+/m0/s1. The van der Waals surface area contributed by atoms with Gasteiger partial charge in [0.15, 0.2) is 0 Å². The second-order valence-electron chi connectivity index (χ2n) is 4.91. The second kappa shape index (κ2) is 6.17. The van der Waals surface area contributed by atoms with Crippen molar-refractivity contribution in [3.8, 4) is 11.5 Å². The van der Waals surface area contributed by atoms with Gasteiger partial charge in [-0.3, -0.25) is 0 Å². The van der Waals surface area contributed by atoms with Gasteiger partial charge in [-0.15, -0.1) is 0 Å². The predicted octanol–water partition coefficient (Wildman–Crippen LogP) is -0.996. The van der Waals surface area contributed by atoms with Crippen molar-refractivity contribution in [2.75, 3.05) is 27.4 Å². The molecule has 0 spiro atoms. The second-order valence-corrected chi connectivity index (χ2v) is 4.91. The zero-order valence-corrected chi connectivity index (χ0v) is 11.9. The van der Waals surface area contributed by atoms with Gasteiger partial charge in [0.05, 0.1) is 27.4 Å². The van der Waals surface area contributed by atoms with Crippen molar-refractivity contribution in [1.29, 1.82) is 0 Å². The Bertz CT molecular complexity index is 488. The topological polar surface area (TPSA) is 109 Å². The first-order chi connectivity index (χ1) is 9.98. The molecule has 0 saturated carbocycles. The third-order valence-electron chi connectivity index (χ3n) is 3.78. The summed E-state index contributed by atoms with van der Waals surface area (Å²) in [6.07, 6.45) is -3.92. The summed E-state index contributed by atoms with van der Waals surface area (Å²) in [6.45, 7) is -0.707. The van der Waals surface area contributed by atoms with Crippen molar-refractivity contribution in [1.82, 2.24) is 0 Å². The van der Waals surface area contributed by atoms with Crippen LogP contribution in [0.5, 0.6) is 11.5 Å². The number of aliphatic hydroxyl groups is 4. The average molecular weight is 300 g/mol. The van der Waals surface area contributed by atoms with Crippen LogP contribution in [0.1, 0.15) is 5.56 Å². The van der Waals surface area contributed by atoms with Gasteiger partial charge in [-0.05, 0) is 18.2 Å². The van der Waals surface area contributed by atoms with Crippen molar-refractivity contribution in [2.24, 2.45) is 0 Å². The Morgan fingerprint density at radius 2 is 2.00 bits per heavy atom. The normalized spacial score (nSPS) is 32.8. The van der Waals surface area contributed by atoms with Crippen LogP contribution >= 0.6 is 0 Å². The van der Waals surface area contributed by atoms with E-state index in [9.17, 15) is 20.4 Å². The number of benzene rings is 1. The molecule has 1 fully saturated rings. The summed E-state index contributed by atoms with van der Waals surface area (Å²) >= 11 is 0. The molecule has 7 nitrogen and oxygen atoms in total. The first-order valence-electron chi connectivity index (χ1n) is 6.52. The summed E-state index contributed by atoms with van der Waals surface area (Å²) in [5.74, 6) is 0.719. The van der Waals surface area contributed by atoms with E-state index in [1.807, 2.05) is 0 Å². The Hall–Kier alpha value is -1.38. The maximum atomic E-state index is 10.9. The number of rotatable bonds is 4. The molecule has 1 aliphatic heterocycles. The van der Waals surface area contributed by atoms with Crippen LogP contribution in [0.15, 0.2) is 18.2 Å². The fourth-order valence-corrected chi connectivity index (χ4v) is 2.57. The van der Waals surface area contributed by atoms with Gasteiger partial charge in [-0.25, -0.2) is 0 Å². The van der Waals surface area contributed by atoms with E-state index in [2.05, 4.69) is 0 Å². The van der Waals surface area contributed by atoms with Crippen LogP contribution in [-0.2, 0) is 10.3 Å². The minimum Gasteiger partial charge on any atom is -0.497 e. The van der Waals surface area contributed by atoms with Crippen molar-refractivity contribution in [3.63, 3.8) is 0 Å². The molecule has 1 aliphatic rings. The Balaban J connectivity index is 2.58. The third kappa shape index (κ3) is 2.58. The van der Waals surface area contributed by atoms with Crippen molar-refractivity contribution < 1.29 is 34.6 Å². The molecule has 0 amide bonds. The highest BCUT2D eigenvalue weighted by Gasteiger charge is 2.53. The van der Waals surface area contributed by atoms with E-state index < -0.39 is 30.5 Å². The number of methoxy groups -OCH3 is 2. The van der Waals surface area contributed by atoms with Crippen LogP contribution in [-0.4, -0.2) is 66.2 Å². The highest BCUT2D eigenvalue weighted by atomic mass is 16.5. The molecule has 0 unspecified atom stereocenters. The lowest BCUT2D eigenvalue weighted by atomic mass is 9.78. The van der Waals surface area contributed by atoms with Gasteiger partial charge in [-0.2, -0.15) is 0 Å². The molecular formula is C14H20O7. The summed E-state index contributed by atoms with van der Waals surface area (Å²) in [6, 6.07) is 4.67. The maximum absolute atomic E-state index is 10.9. The van der Waals surface area contributed by atoms with Crippen LogP contribution in [0.4, 0.5) is 0 Å². The smallest absolute Gasteiger partial charge is 0.150 e. The fourth-order valence-electron chi connectivity index (χ4n) is 2.57. The monoisotopic (exact) mass is 300 g/mol. The van der Waals surface area contributed by atoms with Gasteiger partial charge in [-0.1, -0.05) is 0 Å². The van der Waals surface area contributed by atoms with E-state index >= 15 is 0 Å². The van der Waals surface area contributed by atoms with Crippen molar-refractivity contribution in [3.05, 3.63) is 23.8 Å². The van der Waals surface area contributed by atoms with Crippen molar-refractivity contribution in [2.45, 2.75) is 23.9 Å². The molecular weight excluding hydrogens is 280 g/mol. The third-order valence-corrected chi connectivity index (χ3v) is 3.78. The molecule has 1 heterocycles. The number of hydrogen-bond donors (Lipinski definition) is 4. The largest absolute Gasteiger partial charge is 0.497 e. The highest BCUT2D eigenvalue weighted by molar-refractivity contribution is 5.45. The molecule has 0 radical (unpaired) electrons. The Morgan fingerprint density at radius 3 is 2.57 bits per heavy atom. The van der Waals surface area contributed by atoms with E-state index in [4.69, 9.17) is 14.2 Å². The number of hydrogen-bond acceptors (Lipinski definition) is 7. The number of aliphatic hydroxyl groups excluding tert-OH is 3. The molecule has 0 aliphatic carbocycles. The quantitative estimate of drug-likeness (QED) is 0.565. The molecule has 118 valence electrons. The van der Waals surface area contributed by atoms with Crippen LogP contribution in [0, 0.1) is 0 Å². The lowest BCUT2D eigenvalue weighted by Gasteiger charge is -2.45. The Labute approximate surface area is 122 Å². The zero-order valence-electron chi connectivity index (χ0n) is 11.9. The van der Waals surface area contributed by atoms with E-state index in [0.29, 0.717) is 5.75 Å². The van der Waals surface area contributed by atoms with Gasteiger partial charge in [0.2, 0.25) is 0 Å². The van der Waals surface area contributed by atoms with Crippen molar-refractivity contribution >= 4 is 0 Å². The number of ether oxygens (including phenoxy) is 3. The maximum Gasteiger partial charge on any atom is 0.150 e. The van der Waals surface area contributed by atoms with Crippen LogP contribution in [0.25, 0.3) is 0 Å². The molecule has 7 heteroatoms. The Kier molecular flexibility index (Phi) is 4.70. The molecule has 4 atom stereocenters. The first-order valence-corrected chi connectivity index (χ1v) is 6.52. The zero-order chi connectivity index (χ0) is 15.6. The SMILES string of the molecule is COc1ccc(OC)c([C@]2(O)[C@H](O)[C@@H](O)CO[C@@H]2CO)c1. The summed E-state index contributed by atoms with van der Waals surface area (Å²) in [7, 11) is 2.87. The summed E-state index contributed by atoms with van der Waals surface area (Å²) < 4.78 is 15.5. The van der Waals surface area contributed by atoms with Gasteiger partial charge in [0, 0.05) is 5.56 Å². The van der Waals surface area contributed by atoms with Crippen LogP contribution in [0.2, 0.25) is 0 Å². The lowest BCUT2D eigenvalue weighted by molar-refractivity contribution is -0.255. The van der Waals surface area contributed by atoms with Gasteiger partial charge < -0.3 is 34.6 Å². The molecule has 21 heavy (non-hydrogen) atoms. The molecule has 2 rings (SSSR count). The fraction of sp³-hybridized carbons (Fsp3) is 0.571. The highest BCUT2D eigenvalue weighted by Crippen LogP contribution is 2.41. The minimum atomic E-state index is -2.02. The van der Waals surface area contributed by atoms with Crippen LogP contribution < -0.4 is 9.47 Å². The summed E-state index contributed by atoms with van der Waals surface area (Å²) in [5, 5.41) is 40.4. The van der Waals surface area contributed by atoms with Gasteiger partial charge >= 0.3 is 0 Å². The minimum absolute atomic E-state index is 0.176. The predicted molar refractivity (Wildman–Crippen MR) is 72.3 cm³/mol. The first kappa shape index (κ1) is 16.0. The van der Waals surface area contributed by atoms with E-state index in [1.165, 1.54) is 20.3 Å². The van der Waals surface area contributed by atoms with E-state index in [1.54, 1.807) is 12.1 Å². The molecule has 4 N–H and O–H groups in total. The molecule has 0 bridgehead atoms. The molecule has 1 aromatic carbocycles. The van der Waals surface area contributed by atoms with E-state index in [0.717, 1.165) is 0 Å². The van der Waals surface area contributed by atoms with Crippen LogP contribution in [0.3, 0.4) is 0 Å². The molecule has 1 aromatic rings. The molecule has 1 saturated heterocycles. The van der Waals surface area contributed by atoms with Gasteiger partial charge in [0.25, 0.3) is 0 Å². The van der Waals surface area contributed by atoms with E-state index in [-0.39, 0.29) is 17.9 Å². The Morgan fingerprint density at radius 1 is 1.29 bits per heavy atom.